The molecule has 1 aromatic carbocycles. The highest BCUT2D eigenvalue weighted by atomic mass is 79.9. The van der Waals surface area contributed by atoms with E-state index in [0.29, 0.717) is 28.7 Å². The number of carbonyl (C=O) groups is 1. The maximum Gasteiger partial charge on any atom is 0.254 e. The third-order valence-electron chi connectivity index (χ3n) is 3.37. The van der Waals surface area contributed by atoms with E-state index in [1.54, 1.807) is 17.9 Å². The summed E-state index contributed by atoms with van der Waals surface area (Å²) < 4.78 is 23.6. The molecule has 0 aromatic heterocycles. The van der Waals surface area contributed by atoms with Crippen LogP contribution in [0, 0.1) is 6.92 Å². The lowest BCUT2D eigenvalue weighted by atomic mass is 10.1. The van der Waals surface area contributed by atoms with Gasteiger partial charge in [-0.3, -0.25) is 4.79 Å². The standard InChI is InChI=1S/C12H16BrN3O3S/c1-7-10(12(17)16-3-2-9(14)6-16)4-8(13)5-11(7)20(15,18)19/h4-5,9H,2-3,6,14H2,1H3,(H2,15,18,19)/t9-/m0/s1. The van der Waals surface area contributed by atoms with Crippen molar-refractivity contribution in [3.8, 4) is 0 Å². The van der Waals surface area contributed by atoms with E-state index >= 15 is 0 Å². The zero-order chi connectivity index (χ0) is 15.1. The number of nitrogens with two attached hydrogens (primary N) is 2. The maximum atomic E-state index is 12.5. The van der Waals surface area contributed by atoms with Gasteiger partial charge in [-0.2, -0.15) is 0 Å². The Balaban J connectivity index is 2.47. The molecule has 1 aliphatic rings. The molecule has 1 heterocycles. The molecule has 4 N–H and O–H groups in total. The number of primary sulfonamides is 1. The highest BCUT2D eigenvalue weighted by molar-refractivity contribution is 9.10. The summed E-state index contributed by atoms with van der Waals surface area (Å²) in [6.45, 7) is 2.64. The van der Waals surface area contributed by atoms with E-state index in [0.717, 1.165) is 6.42 Å². The van der Waals surface area contributed by atoms with Gasteiger partial charge in [0.05, 0.1) is 4.90 Å². The van der Waals surface area contributed by atoms with Crippen molar-refractivity contribution in [2.75, 3.05) is 13.1 Å². The van der Waals surface area contributed by atoms with Gasteiger partial charge in [-0.1, -0.05) is 15.9 Å². The summed E-state index contributed by atoms with van der Waals surface area (Å²) in [6.07, 6.45) is 0.751. The van der Waals surface area contributed by atoms with Crippen molar-refractivity contribution in [1.82, 2.24) is 4.90 Å². The second-order valence-electron chi connectivity index (χ2n) is 4.92. The lowest BCUT2D eigenvalue weighted by molar-refractivity contribution is 0.0790. The summed E-state index contributed by atoms with van der Waals surface area (Å²) in [5, 5.41) is 5.18. The van der Waals surface area contributed by atoms with E-state index in [1.807, 2.05) is 0 Å². The number of nitrogens with zero attached hydrogens (tertiary/aromatic N) is 1. The van der Waals surface area contributed by atoms with Crippen LogP contribution in [0.1, 0.15) is 22.3 Å². The van der Waals surface area contributed by atoms with Gasteiger partial charge in [-0.25, -0.2) is 13.6 Å². The van der Waals surface area contributed by atoms with Crippen molar-refractivity contribution in [3.63, 3.8) is 0 Å². The Kier molecular flexibility index (Phi) is 4.19. The van der Waals surface area contributed by atoms with Gasteiger partial charge in [0.1, 0.15) is 0 Å². The zero-order valence-electron chi connectivity index (χ0n) is 11.0. The van der Waals surface area contributed by atoms with E-state index < -0.39 is 10.0 Å². The Morgan fingerprint density at radius 2 is 2.10 bits per heavy atom. The van der Waals surface area contributed by atoms with Crippen LogP contribution in [0.3, 0.4) is 0 Å². The molecule has 1 atom stereocenters. The quantitative estimate of drug-likeness (QED) is 0.802. The van der Waals surface area contributed by atoms with Crippen LogP contribution in [0.4, 0.5) is 0 Å². The number of rotatable bonds is 2. The second-order valence-corrected chi connectivity index (χ2v) is 7.37. The van der Waals surface area contributed by atoms with Crippen LogP contribution in [0.5, 0.6) is 0 Å². The smallest absolute Gasteiger partial charge is 0.254 e. The van der Waals surface area contributed by atoms with Gasteiger partial charge in [0.2, 0.25) is 10.0 Å². The van der Waals surface area contributed by atoms with Gasteiger partial charge in [0.25, 0.3) is 5.91 Å². The van der Waals surface area contributed by atoms with Gasteiger partial charge < -0.3 is 10.6 Å². The molecule has 20 heavy (non-hydrogen) atoms. The predicted molar refractivity (Wildman–Crippen MR) is 78.7 cm³/mol. The molecule has 0 bridgehead atoms. The summed E-state index contributed by atoms with van der Waals surface area (Å²) in [7, 11) is -3.87. The molecule has 0 saturated carbocycles. The summed E-state index contributed by atoms with van der Waals surface area (Å²) in [6, 6.07) is 2.98. The van der Waals surface area contributed by atoms with Crippen LogP contribution in [-0.4, -0.2) is 38.4 Å². The highest BCUT2D eigenvalue weighted by Gasteiger charge is 2.27. The van der Waals surface area contributed by atoms with Gasteiger partial charge in [-0.05, 0) is 31.0 Å². The largest absolute Gasteiger partial charge is 0.337 e. The summed E-state index contributed by atoms with van der Waals surface area (Å²) in [4.78, 5) is 14.0. The predicted octanol–water partition coefficient (Wildman–Crippen LogP) is 0.578. The van der Waals surface area contributed by atoms with E-state index in [4.69, 9.17) is 10.9 Å². The molecular formula is C12H16BrN3O3S. The molecule has 0 radical (unpaired) electrons. The Hall–Kier alpha value is -0.960. The van der Waals surface area contributed by atoms with Crippen molar-refractivity contribution < 1.29 is 13.2 Å². The first-order valence-electron chi connectivity index (χ1n) is 6.08. The molecule has 6 nitrogen and oxygen atoms in total. The monoisotopic (exact) mass is 361 g/mol. The Morgan fingerprint density at radius 3 is 2.60 bits per heavy atom. The Bertz CT molecular complexity index is 660. The van der Waals surface area contributed by atoms with Crippen LogP contribution in [-0.2, 0) is 10.0 Å². The van der Waals surface area contributed by atoms with Gasteiger partial charge >= 0.3 is 0 Å². The second kappa shape index (κ2) is 5.44. The van der Waals surface area contributed by atoms with Crippen molar-refractivity contribution in [1.29, 1.82) is 0 Å². The molecule has 110 valence electrons. The van der Waals surface area contributed by atoms with E-state index in [2.05, 4.69) is 15.9 Å². The van der Waals surface area contributed by atoms with Crippen LogP contribution >= 0.6 is 15.9 Å². The fourth-order valence-electron chi connectivity index (χ4n) is 2.31. The Morgan fingerprint density at radius 1 is 1.45 bits per heavy atom. The van der Waals surface area contributed by atoms with Crippen LogP contribution in [0.2, 0.25) is 0 Å². The van der Waals surface area contributed by atoms with Crippen molar-refractivity contribution in [2.24, 2.45) is 10.9 Å². The molecule has 1 aromatic rings. The average Bonchev–Trinajstić information content (AvgIpc) is 2.76. The zero-order valence-corrected chi connectivity index (χ0v) is 13.4. The lowest BCUT2D eigenvalue weighted by Crippen LogP contribution is -2.32. The van der Waals surface area contributed by atoms with Crippen molar-refractivity contribution in [2.45, 2.75) is 24.3 Å². The number of benzene rings is 1. The lowest BCUT2D eigenvalue weighted by Gasteiger charge is -2.18. The number of hydrogen-bond donors (Lipinski definition) is 2. The number of halogens is 1. The summed E-state index contributed by atoms with van der Waals surface area (Å²) >= 11 is 3.21. The molecule has 1 saturated heterocycles. The summed E-state index contributed by atoms with van der Waals surface area (Å²) in [5.41, 5.74) is 6.48. The van der Waals surface area contributed by atoms with E-state index in [-0.39, 0.29) is 16.8 Å². The first-order valence-corrected chi connectivity index (χ1v) is 8.42. The fourth-order valence-corrected chi connectivity index (χ4v) is 3.75. The van der Waals surface area contributed by atoms with Crippen LogP contribution in [0.25, 0.3) is 0 Å². The molecule has 0 aliphatic carbocycles. The number of amides is 1. The number of likely N-dealkylation sites (tertiary alicyclic amines) is 1. The maximum absolute atomic E-state index is 12.5. The van der Waals surface area contributed by atoms with E-state index in [9.17, 15) is 13.2 Å². The molecular weight excluding hydrogens is 346 g/mol. The number of sulfonamides is 1. The molecule has 1 fully saturated rings. The SMILES string of the molecule is Cc1c(C(=O)N2CC[C@H](N)C2)cc(Br)cc1S(N)(=O)=O. The third kappa shape index (κ3) is 3.03. The minimum atomic E-state index is -3.87. The van der Waals surface area contributed by atoms with Crippen molar-refractivity contribution in [3.05, 3.63) is 27.7 Å². The molecule has 8 heteroatoms. The first kappa shape index (κ1) is 15.4. The molecule has 1 amide bonds. The fraction of sp³-hybridized carbons (Fsp3) is 0.417. The number of carbonyl (C=O) groups excluding carboxylic acids is 1. The third-order valence-corrected chi connectivity index (χ3v) is 4.87. The molecule has 0 unspecified atom stereocenters. The Labute approximate surface area is 126 Å². The highest BCUT2D eigenvalue weighted by Crippen LogP contribution is 2.26. The minimum Gasteiger partial charge on any atom is -0.337 e. The van der Waals surface area contributed by atoms with Gasteiger partial charge in [0.15, 0.2) is 0 Å². The average molecular weight is 362 g/mol. The van der Waals surface area contributed by atoms with E-state index in [1.165, 1.54) is 6.07 Å². The minimum absolute atomic E-state index is 0.0240. The molecule has 1 aliphatic heterocycles. The van der Waals surface area contributed by atoms with Gasteiger partial charge in [0, 0.05) is 29.2 Å². The van der Waals surface area contributed by atoms with Crippen LogP contribution < -0.4 is 10.9 Å². The van der Waals surface area contributed by atoms with Crippen molar-refractivity contribution >= 4 is 31.9 Å². The normalized spacial score (nSPS) is 19.4. The molecule has 2 rings (SSSR count). The number of hydrogen-bond acceptors (Lipinski definition) is 4. The summed E-state index contributed by atoms with van der Waals surface area (Å²) in [5.74, 6) is -0.221. The van der Waals surface area contributed by atoms with Crippen LogP contribution in [0.15, 0.2) is 21.5 Å². The molecule has 0 spiro atoms. The van der Waals surface area contributed by atoms with Gasteiger partial charge in [-0.15, -0.1) is 0 Å². The first-order chi connectivity index (χ1) is 9.20. The topological polar surface area (TPSA) is 106 Å².